The normalized spacial score (nSPS) is 11.3. The van der Waals surface area contributed by atoms with Crippen LogP contribution in [0.25, 0.3) is 0 Å². The van der Waals surface area contributed by atoms with E-state index in [-0.39, 0.29) is 17.8 Å². The third-order valence-electron chi connectivity index (χ3n) is 2.62. The second-order valence-electron chi connectivity index (χ2n) is 5.52. The molecule has 0 aliphatic heterocycles. The Morgan fingerprint density at radius 3 is 2.61 bits per heavy atom. The molecule has 1 aromatic carbocycles. The number of ether oxygens (including phenoxy) is 2. The van der Waals surface area contributed by atoms with Gasteiger partial charge in [0.15, 0.2) is 5.78 Å². The topological polar surface area (TPSA) is 35.5 Å². The van der Waals surface area contributed by atoms with E-state index in [9.17, 15) is 4.79 Å². The number of carbonyl (C=O) groups is 1. The van der Waals surface area contributed by atoms with Crippen LogP contribution in [0.5, 0.6) is 5.75 Å². The Labute approximate surface area is 109 Å². The van der Waals surface area contributed by atoms with Crippen molar-refractivity contribution in [2.24, 2.45) is 5.41 Å². The summed E-state index contributed by atoms with van der Waals surface area (Å²) in [6, 6.07) is 7.13. The van der Waals surface area contributed by atoms with Gasteiger partial charge in [-0.25, -0.2) is 0 Å². The molecule has 100 valence electrons. The number of carbonyl (C=O) groups excluding carboxylic acids is 1. The van der Waals surface area contributed by atoms with Gasteiger partial charge in [-0.15, -0.1) is 0 Å². The second kappa shape index (κ2) is 6.55. The lowest BCUT2D eigenvalue weighted by molar-refractivity contribution is 0.0705. The summed E-state index contributed by atoms with van der Waals surface area (Å²) in [6.45, 7) is 7.20. The number of hydrogen-bond acceptors (Lipinski definition) is 3. The smallest absolute Gasteiger partial charge is 0.188 e. The Morgan fingerprint density at radius 2 is 2.00 bits per heavy atom. The molecular weight excluding hydrogens is 228 g/mol. The number of methoxy groups -OCH3 is 1. The molecule has 0 heterocycles. The van der Waals surface area contributed by atoms with Crippen LogP contribution < -0.4 is 4.74 Å². The minimum absolute atomic E-state index is 0.0113. The Kier molecular flexibility index (Phi) is 5.35. The summed E-state index contributed by atoms with van der Waals surface area (Å²) in [4.78, 5) is 11.9. The van der Waals surface area contributed by atoms with Gasteiger partial charge in [-0.1, -0.05) is 32.9 Å². The van der Waals surface area contributed by atoms with Crippen molar-refractivity contribution in [2.45, 2.75) is 27.2 Å². The lowest BCUT2D eigenvalue weighted by Gasteiger charge is -2.17. The van der Waals surface area contributed by atoms with Gasteiger partial charge in [0.2, 0.25) is 0 Å². The third kappa shape index (κ3) is 5.32. The minimum Gasteiger partial charge on any atom is -0.497 e. The molecule has 1 aromatic rings. The van der Waals surface area contributed by atoms with Gasteiger partial charge in [0.05, 0.1) is 7.11 Å². The Hall–Kier alpha value is -1.35. The van der Waals surface area contributed by atoms with E-state index in [2.05, 4.69) is 20.8 Å². The van der Waals surface area contributed by atoms with Gasteiger partial charge in [0.1, 0.15) is 12.4 Å². The van der Waals surface area contributed by atoms with Crippen LogP contribution in [-0.4, -0.2) is 26.1 Å². The molecule has 3 nitrogen and oxygen atoms in total. The van der Waals surface area contributed by atoms with Gasteiger partial charge in [-0.2, -0.15) is 0 Å². The maximum Gasteiger partial charge on any atom is 0.188 e. The van der Waals surface area contributed by atoms with Gasteiger partial charge >= 0.3 is 0 Å². The fourth-order valence-electron chi connectivity index (χ4n) is 1.42. The molecule has 0 aliphatic rings. The van der Waals surface area contributed by atoms with Crippen molar-refractivity contribution in [1.29, 1.82) is 0 Å². The molecule has 0 aromatic heterocycles. The van der Waals surface area contributed by atoms with Gasteiger partial charge in [0.25, 0.3) is 0 Å². The largest absolute Gasteiger partial charge is 0.497 e. The zero-order chi connectivity index (χ0) is 13.6. The standard InChI is InChI=1S/C15H22O3/c1-15(2,3)8-9-18-11-14(16)12-6-5-7-13(10-12)17-4/h5-7,10H,8-9,11H2,1-4H3. The van der Waals surface area contributed by atoms with E-state index in [4.69, 9.17) is 9.47 Å². The SMILES string of the molecule is COc1cccc(C(=O)COCCC(C)(C)C)c1. The van der Waals surface area contributed by atoms with E-state index in [1.54, 1.807) is 25.3 Å². The van der Waals surface area contributed by atoms with Gasteiger partial charge in [0, 0.05) is 12.2 Å². The zero-order valence-electron chi connectivity index (χ0n) is 11.7. The van der Waals surface area contributed by atoms with Crippen LogP contribution in [0.3, 0.4) is 0 Å². The fourth-order valence-corrected chi connectivity index (χ4v) is 1.42. The summed E-state index contributed by atoms with van der Waals surface area (Å²) in [5, 5.41) is 0. The molecule has 0 spiro atoms. The number of hydrogen-bond donors (Lipinski definition) is 0. The molecule has 0 N–H and O–H groups in total. The average Bonchev–Trinajstić information content (AvgIpc) is 2.33. The molecule has 0 saturated heterocycles. The highest BCUT2D eigenvalue weighted by molar-refractivity contribution is 5.97. The van der Waals surface area contributed by atoms with Crippen LogP contribution in [0.4, 0.5) is 0 Å². The zero-order valence-corrected chi connectivity index (χ0v) is 11.7. The first-order valence-electron chi connectivity index (χ1n) is 6.17. The highest BCUT2D eigenvalue weighted by Gasteiger charge is 2.11. The van der Waals surface area contributed by atoms with Crippen LogP contribution in [0, 0.1) is 5.41 Å². The van der Waals surface area contributed by atoms with Crippen LogP contribution in [-0.2, 0) is 4.74 Å². The van der Waals surface area contributed by atoms with Gasteiger partial charge in [-0.3, -0.25) is 4.79 Å². The summed E-state index contributed by atoms with van der Waals surface area (Å²) >= 11 is 0. The van der Waals surface area contributed by atoms with Crippen molar-refractivity contribution in [2.75, 3.05) is 20.3 Å². The summed E-state index contributed by atoms with van der Waals surface area (Å²) in [6.07, 6.45) is 0.943. The molecule has 1 rings (SSSR count). The molecule has 0 saturated carbocycles. The van der Waals surface area contributed by atoms with E-state index in [0.717, 1.165) is 6.42 Å². The lowest BCUT2D eigenvalue weighted by atomic mass is 9.93. The molecule has 3 heteroatoms. The Morgan fingerprint density at radius 1 is 1.28 bits per heavy atom. The predicted octanol–water partition coefficient (Wildman–Crippen LogP) is 3.33. The lowest BCUT2D eigenvalue weighted by Crippen LogP contribution is -2.14. The quantitative estimate of drug-likeness (QED) is 0.574. The van der Waals surface area contributed by atoms with E-state index in [0.29, 0.717) is 17.9 Å². The molecule has 0 radical (unpaired) electrons. The fraction of sp³-hybridized carbons (Fsp3) is 0.533. The molecule has 0 aliphatic carbocycles. The number of Topliss-reactive ketones (excluding diaryl/α,β-unsaturated/α-hetero) is 1. The van der Waals surface area contributed by atoms with Crippen molar-refractivity contribution in [3.63, 3.8) is 0 Å². The van der Waals surface area contributed by atoms with E-state index < -0.39 is 0 Å². The van der Waals surface area contributed by atoms with Crippen LogP contribution >= 0.6 is 0 Å². The van der Waals surface area contributed by atoms with Crippen molar-refractivity contribution in [1.82, 2.24) is 0 Å². The van der Waals surface area contributed by atoms with Gasteiger partial charge in [-0.05, 0) is 24.0 Å². The van der Waals surface area contributed by atoms with Crippen molar-refractivity contribution in [3.8, 4) is 5.75 Å². The van der Waals surface area contributed by atoms with Crippen molar-refractivity contribution >= 4 is 5.78 Å². The van der Waals surface area contributed by atoms with Crippen molar-refractivity contribution in [3.05, 3.63) is 29.8 Å². The third-order valence-corrected chi connectivity index (χ3v) is 2.62. The molecule has 0 bridgehead atoms. The summed E-state index contributed by atoms with van der Waals surface area (Å²) in [5.74, 6) is 0.679. The van der Waals surface area contributed by atoms with E-state index in [1.165, 1.54) is 0 Å². The monoisotopic (exact) mass is 250 g/mol. The molecule has 0 unspecified atom stereocenters. The molecule has 0 amide bonds. The maximum atomic E-state index is 11.9. The van der Waals surface area contributed by atoms with Crippen molar-refractivity contribution < 1.29 is 14.3 Å². The second-order valence-corrected chi connectivity index (χ2v) is 5.52. The minimum atomic E-state index is -0.0113. The first-order valence-corrected chi connectivity index (χ1v) is 6.17. The van der Waals surface area contributed by atoms with Crippen LogP contribution in [0.1, 0.15) is 37.6 Å². The van der Waals surface area contributed by atoms with Gasteiger partial charge < -0.3 is 9.47 Å². The Bertz CT molecular complexity index is 391. The average molecular weight is 250 g/mol. The molecule has 18 heavy (non-hydrogen) atoms. The summed E-state index contributed by atoms with van der Waals surface area (Å²) < 4.78 is 10.5. The number of ketones is 1. The molecule has 0 atom stereocenters. The maximum absolute atomic E-state index is 11.9. The summed E-state index contributed by atoms with van der Waals surface area (Å²) in [7, 11) is 1.59. The van der Waals surface area contributed by atoms with Crippen LogP contribution in [0.2, 0.25) is 0 Å². The number of rotatable bonds is 6. The highest BCUT2D eigenvalue weighted by atomic mass is 16.5. The first-order chi connectivity index (χ1) is 8.42. The number of benzene rings is 1. The van der Waals surface area contributed by atoms with Crippen LogP contribution in [0.15, 0.2) is 24.3 Å². The highest BCUT2D eigenvalue weighted by Crippen LogP contribution is 2.18. The molecular formula is C15H22O3. The molecule has 0 fully saturated rings. The van der Waals surface area contributed by atoms with E-state index >= 15 is 0 Å². The van der Waals surface area contributed by atoms with E-state index in [1.807, 2.05) is 6.07 Å². The summed E-state index contributed by atoms with van der Waals surface area (Å²) in [5.41, 5.74) is 0.865. The Balaban J connectivity index is 2.41. The first kappa shape index (κ1) is 14.7. The predicted molar refractivity (Wildman–Crippen MR) is 72.2 cm³/mol.